The van der Waals surface area contributed by atoms with Gasteiger partial charge in [-0.25, -0.2) is 4.68 Å². The van der Waals surface area contributed by atoms with Crippen molar-refractivity contribution in [3.8, 4) is 5.75 Å². The Morgan fingerprint density at radius 1 is 1.03 bits per heavy atom. The van der Waals surface area contributed by atoms with Gasteiger partial charge in [0.05, 0.1) is 5.69 Å². The zero-order valence-electron chi connectivity index (χ0n) is 16.8. The smallest absolute Gasteiger partial charge is 0.276 e. The van der Waals surface area contributed by atoms with Gasteiger partial charge in [-0.3, -0.25) is 4.79 Å². The maximum absolute atomic E-state index is 12.8. The molecule has 7 heteroatoms. The summed E-state index contributed by atoms with van der Waals surface area (Å²) in [6.45, 7) is 2.21. The number of benzene rings is 3. The van der Waals surface area contributed by atoms with E-state index >= 15 is 0 Å². The summed E-state index contributed by atoms with van der Waals surface area (Å²) < 4.78 is 7.38. The number of rotatable bonds is 7. The molecule has 1 aromatic heterocycles. The largest absolute Gasteiger partial charge is 0.471 e. The quantitative estimate of drug-likeness (QED) is 0.360. The number of carbonyl (C=O) groups excluding carboxylic acids is 1. The lowest BCUT2D eigenvalue weighted by molar-refractivity contribution is 0.102. The third-order valence-corrected chi connectivity index (χ3v) is 5.83. The van der Waals surface area contributed by atoms with Gasteiger partial charge >= 0.3 is 0 Å². The average Bonchev–Trinajstić information content (AvgIpc) is 3.25. The van der Waals surface area contributed by atoms with Gasteiger partial charge in [-0.15, -0.1) is 0 Å². The molecule has 3 aromatic carbocycles. The van der Waals surface area contributed by atoms with Crippen LogP contribution in [0.2, 0.25) is 5.02 Å². The summed E-state index contributed by atoms with van der Waals surface area (Å²) in [7, 11) is 0. The van der Waals surface area contributed by atoms with Crippen molar-refractivity contribution in [2.75, 3.05) is 5.32 Å². The van der Waals surface area contributed by atoms with Crippen LogP contribution in [-0.2, 0) is 6.73 Å². The van der Waals surface area contributed by atoms with Crippen LogP contribution in [0.1, 0.15) is 16.1 Å². The number of aryl methyl sites for hydroxylation is 1. The Balaban J connectivity index is 1.42. The lowest BCUT2D eigenvalue weighted by atomic mass is 10.2. The molecular weight excluding hydrogens is 430 g/mol. The molecular formula is C24H20ClN3O2S. The number of nitrogens with zero attached hydrogens (tertiary/aromatic N) is 2. The van der Waals surface area contributed by atoms with Crippen molar-refractivity contribution in [1.29, 1.82) is 0 Å². The molecule has 1 amide bonds. The fraction of sp³-hybridized carbons (Fsp3) is 0.0833. The van der Waals surface area contributed by atoms with E-state index in [1.807, 2.05) is 79.7 Å². The minimum Gasteiger partial charge on any atom is -0.471 e. The molecule has 31 heavy (non-hydrogen) atoms. The van der Waals surface area contributed by atoms with Crippen LogP contribution in [0, 0.1) is 6.92 Å². The van der Waals surface area contributed by atoms with Crippen LogP contribution < -0.4 is 10.1 Å². The first kappa shape index (κ1) is 21.0. The molecule has 5 nitrogen and oxygen atoms in total. The molecule has 4 rings (SSSR count). The van der Waals surface area contributed by atoms with E-state index in [0.717, 1.165) is 26.8 Å². The van der Waals surface area contributed by atoms with Crippen LogP contribution in [-0.4, -0.2) is 15.7 Å². The van der Waals surface area contributed by atoms with E-state index < -0.39 is 0 Å². The second-order valence-corrected chi connectivity index (χ2v) is 8.34. The monoisotopic (exact) mass is 449 g/mol. The van der Waals surface area contributed by atoms with Gasteiger partial charge in [-0.1, -0.05) is 53.7 Å². The van der Waals surface area contributed by atoms with Crippen molar-refractivity contribution in [2.45, 2.75) is 23.4 Å². The van der Waals surface area contributed by atoms with Gasteiger partial charge in [0.15, 0.2) is 12.4 Å². The number of ether oxygens (including phenoxy) is 1. The first-order chi connectivity index (χ1) is 15.1. The topological polar surface area (TPSA) is 56.1 Å². The van der Waals surface area contributed by atoms with Crippen molar-refractivity contribution >= 4 is 35.0 Å². The number of hydrogen-bond donors (Lipinski definition) is 1. The summed E-state index contributed by atoms with van der Waals surface area (Å²) in [5, 5.41) is 7.97. The van der Waals surface area contributed by atoms with E-state index in [2.05, 4.69) is 10.4 Å². The van der Waals surface area contributed by atoms with Crippen LogP contribution in [0.15, 0.2) is 94.9 Å². The summed E-state index contributed by atoms with van der Waals surface area (Å²) in [6, 6.07) is 24.7. The highest BCUT2D eigenvalue weighted by Crippen LogP contribution is 2.34. The Labute approximate surface area is 190 Å². The Bertz CT molecular complexity index is 1190. The Morgan fingerprint density at radius 3 is 2.58 bits per heavy atom. The van der Waals surface area contributed by atoms with Crippen LogP contribution in [0.25, 0.3) is 0 Å². The number of carbonyl (C=O) groups is 1. The van der Waals surface area contributed by atoms with Crippen molar-refractivity contribution in [3.05, 3.63) is 101 Å². The molecule has 0 saturated heterocycles. The van der Waals surface area contributed by atoms with Gasteiger partial charge in [0.2, 0.25) is 0 Å². The van der Waals surface area contributed by atoms with E-state index in [-0.39, 0.29) is 12.6 Å². The fourth-order valence-corrected chi connectivity index (χ4v) is 3.91. The Hall–Kier alpha value is -3.22. The van der Waals surface area contributed by atoms with Gasteiger partial charge in [0.1, 0.15) is 5.75 Å². The van der Waals surface area contributed by atoms with Gasteiger partial charge in [-0.2, -0.15) is 5.10 Å². The number of nitrogens with one attached hydrogen (secondary N) is 1. The number of anilines is 1. The summed E-state index contributed by atoms with van der Waals surface area (Å²) in [6.07, 6.45) is 1.72. The SMILES string of the molecule is Cc1ccccc1OCn1ccc(C(=O)Nc2ccccc2Sc2ccc(Cl)cc2)n1. The second kappa shape index (κ2) is 9.73. The molecule has 156 valence electrons. The standard InChI is InChI=1S/C24H20ClN3O2S/c1-17-6-2-4-8-22(17)30-16-28-15-14-21(27-28)24(29)26-20-7-3-5-9-23(20)31-19-12-10-18(25)11-13-19/h2-15H,16H2,1H3,(H,26,29). The molecule has 0 aliphatic carbocycles. The van der Waals surface area contributed by atoms with E-state index in [1.165, 1.54) is 0 Å². The highest BCUT2D eigenvalue weighted by atomic mass is 35.5. The molecule has 0 fully saturated rings. The molecule has 1 heterocycles. The first-order valence-electron chi connectivity index (χ1n) is 9.64. The molecule has 0 radical (unpaired) electrons. The number of para-hydroxylation sites is 2. The minimum absolute atomic E-state index is 0.223. The van der Waals surface area contributed by atoms with E-state index in [4.69, 9.17) is 16.3 Å². The fourth-order valence-electron chi connectivity index (χ4n) is 2.88. The molecule has 0 aliphatic heterocycles. The predicted molar refractivity (Wildman–Crippen MR) is 124 cm³/mol. The van der Waals surface area contributed by atoms with E-state index in [9.17, 15) is 4.79 Å². The maximum Gasteiger partial charge on any atom is 0.276 e. The minimum atomic E-state index is -0.279. The lowest BCUT2D eigenvalue weighted by Crippen LogP contribution is -2.14. The van der Waals surface area contributed by atoms with Crippen LogP contribution >= 0.6 is 23.4 Å². The number of aromatic nitrogens is 2. The first-order valence-corrected chi connectivity index (χ1v) is 10.8. The van der Waals surface area contributed by atoms with Gasteiger partial charge < -0.3 is 10.1 Å². The molecule has 0 aliphatic rings. The van der Waals surface area contributed by atoms with E-state index in [0.29, 0.717) is 10.7 Å². The summed E-state index contributed by atoms with van der Waals surface area (Å²) in [4.78, 5) is 14.7. The zero-order valence-corrected chi connectivity index (χ0v) is 18.4. The second-order valence-electron chi connectivity index (χ2n) is 6.79. The van der Waals surface area contributed by atoms with Crippen molar-refractivity contribution in [1.82, 2.24) is 9.78 Å². The summed E-state index contributed by atoms with van der Waals surface area (Å²) in [5.41, 5.74) is 2.08. The third-order valence-electron chi connectivity index (χ3n) is 4.50. The lowest BCUT2D eigenvalue weighted by Gasteiger charge is -2.10. The van der Waals surface area contributed by atoms with E-state index in [1.54, 1.807) is 28.7 Å². The number of amides is 1. The molecule has 4 aromatic rings. The molecule has 0 bridgehead atoms. The average molecular weight is 450 g/mol. The highest BCUT2D eigenvalue weighted by molar-refractivity contribution is 7.99. The predicted octanol–water partition coefficient (Wildman–Crippen LogP) is 6.28. The van der Waals surface area contributed by atoms with Crippen LogP contribution in [0.4, 0.5) is 5.69 Å². The molecule has 0 atom stereocenters. The van der Waals surface area contributed by atoms with Crippen molar-refractivity contribution in [2.24, 2.45) is 0 Å². The van der Waals surface area contributed by atoms with Crippen LogP contribution in [0.5, 0.6) is 5.75 Å². The molecule has 0 saturated carbocycles. The van der Waals surface area contributed by atoms with Crippen LogP contribution in [0.3, 0.4) is 0 Å². The molecule has 1 N–H and O–H groups in total. The maximum atomic E-state index is 12.8. The highest BCUT2D eigenvalue weighted by Gasteiger charge is 2.13. The summed E-state index contributed by atoms with van der Waals surface area (Å²) in [5.74, 6) is 0.510. The third kappa shape index (κ3) is 5.48. The van der Waals surface area contributed by atoms with Gasteiger partial charge in [0, 0.05) is 21.0 Å². The number of halogens is 1. The van der Waals surface area contributed by atoms with Gasteiger partial charge in [0.25, 0.3) is 5.91 Å². The molecule has 0 unspecified atom stereocenters. The summed E-state index contributed by atoms with van der Waals surface area (Å²) >= 11 is 7.52. The normalized spacial score (nSPS) is 10.6. The zero-order chi connectivity index (χ0) is 21.6. The van der Waals surface area contributed by atoms with Crippen molar-refractivity contribution < 1.29 is 9.53 Å². The molecule has 0 spiro atoms. The van der Waals surface area contributed by atoms with Gasteiger partial charge in [-0.05, 0) is 61.0 Å². The Kier molecular flexibility index (Phi) is 6.60. The number of hydrogen-bond acceptors (Lipinski definition) is 4. The van der Waals surface area contributed by atoms with Crippen molar-refractivity contribution in [3.63, 3.8) is 0 Å². The Morgan fingerprint density at radius 2 is 1.77 bits per heavy atom.